The standard InChI is InChI=1S/C22H25N3O5S2/c1-3-30-18-7-4-8-19-20(18)23-22(31-19)24-21(26)15-6-5-13-25(14-15)32(27,28)17-11-9-16(29-2)10-12-17/h4,7-12,15H,3,5-6,13-14H2,1-2H3,(H,23,24,26). The fourth-order valence-electron chi connectivity index (χ4n) is 3.73. The maximum absolute atomic E-state index is 13.1. The molecule has 170 valence electrons. The van der Waals surface area contributed by atoms with Gasteiger partial charge < -0.3 is 14.8 Å². The quantitative estimate of drug-likeness (QED) is 0.559. The van der Waals surface area contributed by atoms with Crippen LogP contribution in [0.25, 0.3) is 10.2 Å². The molecule has 1 aliphatic heterocycles. The average Bonchev–Trinajstić information content (AvgIpc) is 3.23. The van der Waals surface area contributed by atoms with Gasteiger partial charge in [-0.2, -0.15) is 4.31 Å². The molecule has 2 aromatic carbocycles. The number of ether oxygens (including phenoxy) is 2. The van der Waals surface area contributed by atoms with Crippen LogP contribution in [0.1, 0.15) is 19.8 Å². The van der Waals surface area contributed by atoms with Crippen LogP contribution >= 0.6 is 11.3 Å². The van der Waals surface area contributed by atoms with Crippen molar-refractivity contribution in [1.29, 1.82) is 0 Å². The summed E-state index contributed by atoms with van der Waals surface area (Å²) in [5, 5.41) is 3.35. The van der Waals surface area contributed by atoms with Crippen LogP contribution in [-0.4, -0.2) is 50.4 Å². The van der Waals surface area contributed by atoms with Gasteiger partial charge in [-0.3, -0.25) is 4.79 Å². The van der Waals surface area contributed by atoms with Gasteiger partial charge >= 0.3 is 0 Å². The lowest BCUT2D eigenvalue weighted by Gasteiger charge is -2.31. The predicted octanol–water partition coefficient (Wildman–Crippen LogP) is 3.74. The van der Waals surface area contributed by atoms with Gasteiger partial charge in [-0.15, -0.1) is 0 Å². The van der Waals surface area contributed by atoms with Gasteiger partial charge in [0.1, 0.15) is 17.0 Å². The van der Waals surface area contributed by atoms with Crippen LogP contribution in [-0.2, 0) is 14.8 Å². The third-order valence-corrected chi connectivity index (χ3v) is 8.18. The third-order valence-electron chi connectivity index (χ3n) is 5.36. The minimum Gasteiger partial charge on any atom is -0.497 e. The van der Waals surface area contributed by atoms with E-state index in [1.165, 1.54) is 34.9 Å². The number of hydrogen-bond acceptors (Lipinski definition) is 7. The molecule has 1 amide bonds. The number of hydrogen-bond donors (Lipinski definition) is 1. The molecule has 1 N–H and O–H groups in total. The Labute approximate surface area is 191 Å². The first-order chi connectivity index (χ1) is 15.4. The zero-order valence-corrected chi connectivity index (χ0v) is 19.5. The molecule has 1 atom stereocenters. The normalized spacial score (nSPS) is 17.2. The van der Waals surface area contributed by atoms with Gasteiger partial charge in [-0.25, -0.2) is 13.4 Å². The first kappa shape index (κ1) is 22.5. The first-order valence-electron chi connectivity index (χ1n) is 10.4. The number of piperidine rings is 1. The lowest BCUT2D eigenvalue weighted by Crippen LogP contribution is -2.43. The number of rotatable bonds is 7. The number of anilines is 1. The molecule has 10 heteroatoms. The smallest absolute Gasteiger partial charge is 0.243 e. The van der Waals surface area contributed by atoms with E-state index in [1.54, 1.807) is 12.1 Å². The summed E-state index contributed by atoms with van der Waals surface area (Å²) in [6, 6.07) is 11.9. The SMILES string of the molecule is CCOc1cccc2sc(NC(=O)C3CCCN(S(=O)(=O)c4ccc(OC)cc4)C3)nc12. The second-order valence-corrected chi connectivity index (χ2v) is 10.4. The summed E-state index contributed by atoms with van der Waals surface area (Å²) < 4.78 is 39.1. The molecule has 8 nitrogen and oxygen atoms in total. The van der Waals surface area contributed by atoms with Crippen LogP contribution in [0.4, 0.5) is 5.13 Å². The summed E-state index contributed by atoms with van der Waals surface area (Å²) in [6.45, 7) is 2.95. The van der Waals surface area contributed by atoms with E-state index in [4.69, 9.17) is 9.47 Å². The lowest BCUT2D eigenvalue weighted by atomic mass is 9.99. The molecular weight excluding hydrogens is 450 g/mol. The highest BCUT2D eigenvalue weighted by molar-refractivity contribution is 7.89. The predicted molar refractivity (Wildman–Crippen MR) is 124 cm³/mol. The summed E-state index contributed by atoms with van der Waals surface area (Å²) >= 11 is 1.37. The molecule has 0 spiro atoms. The molecule has 2 heterocycles. The summed E-state index contributed by atoms with van der Waals surface area (Å²) in [7, 11) is -2.16. The number of carbonyl (C=O) groups is 1. The summed E-state index contributed by atoms with van der Waals surface area (Å²) in [5.74, 6) is 0.589. The van der Waals surface area contributed by atoms with E-state index in [9.17, 15) is 13.2 Å². The number of benzene rings is 2. The van der Waals surface area contributed by atoms with Crippen LogP contribution in [0.15, 0.2) is 47.4 Å². The van der Waals surface area contributed by atoms with Gasteiger partial charge in [0, 0.05) is 13.1 Å². The molecule has 0 bridgehead atoms. The molecule has 1 aliphatic rings. The monoisotopic (exact) mass is 475 g/mol. The Bertz CT molecular complexity index is 1210. The Morgan fingerprint density at radius 3 is 2.75 bits per heavy atom. The van der Waals surface area contributed by atoms with Gasteiger partial charge in [0.25, 0.3) is 0 Å². The van der Waals surface area contributed by atoms with E-state index in [1.807, 2.05) is 25.1 Å². The van der Waals surface area contributed by atoms with Crippen molar-refractivity contribution < 1.29 is 22.7 Å². The number of aromatic nitrogens is 1. The Morgan fingerprint density at radius 1 is 1.25 bits per heavy atom. The molecule has 1 unspecified atom stereocenters. The largest absolute Gasteiger partial charge is 0.497 e. The van der Waals surface area contributed by atoms with E-state index in [-0.39, 0.29) is 17.3 Å². The van der Waals surface area contributed by atoms with Crippen LogP contribution in [0.2, 0.25) is 0 Å². The zero-order chi connectivity index (χ0) is 22.7. The molecule has 4 rings (SSSR count). The van der Waals surface area contributed by atoms with Crippen LogP contribution < -0.4 is 14.8 Å². The van der Waals surface area contributed by atoms with Crippen LogP contribution in [0, 0.1) is 5.92 Å². The third kappa shape index (κ3) is 4.57. The van der Waals surface area contributed by atoms with Gasteiger partial charge in [0.05, 0.1) is 29.2 Å². The highest BCUT2D eigenvalue weighted by Crippen LogP contribution is 2.33. The van der Waals surface area contributed by atoms with Crippen LogP contribution in [0.5, 0.6) is 11.5 Å². The molecule has 32 heavy (non-hydrogen) atoms. The molecule has 0 aliphatic carbocycles. The maximum atomic E-state index is 13.1. The van der Waals surface area contributed by atoms with E-state index in [0.29, 0.717) is 48.1 Å². The van der Waals surface area contributed by atoms with Gasteiger partial charge in [0.15, 0.2) is 5.13 Å². The van der Waals surface area contributed by atoms with Crippen molar-refractivity contribution in [3.8, 4) is 11.5 Å². The van der Waals surface area contributed by atoms with E-state index in [0.717, 1.165) is 4.70 Å². The van der Waals surface area contributed by atoms with E-state index < -0.39 is 15.9 Å². The number of nitrogens with zero attached hydrogens (tertiary/aromatic N) is 2. The van der Waals surface area contributed by atoms with Gasteiger partial charge in [-0.1, -0.05) is 17.4 Å². The number of para-hydroxylation sites is 1. The minimum absolute atomic E-state index is 0.134. The van der Waals surface area contributed by atoms with Gasteiger partial charge in [0.2, 0.25) is 15.9 Å². The molecule has 1 fully saturated rings. The highest BCUT2D eigenvalue weighted by atomic mass is 32.2. The molecular formula is C22H25N3O5S2. The Hall–Kier alpha value is -2.69. The number of fused-ring (bicyclic) bond motifs is 1. The summed E-state index contributed by atoms with van der Waals surface area (Å²) in [6.07, 6.45) is 1.23. The molecule has 1 aromatic heterocycles. The number of carbonyl (C=O) groups excluding carboxylic acids is 1. The zero-order valence-electron chi connectivity index (χ0n) is 17.9. The van der Waals surface area contributed by atoms with E-state index >= 15 is 0 Å². The molecule has 0 radical (unpaired) electrons. The average molecular weight is 476 g/mol. The topological polar surface area (TPSA) is 97.8 Å². The summed E-state index contributed by atoms with van der Waals surface area (Å²) in [4.78, 5) is 17.6. The Morgan fingerprint density at radius 2 is 2.03 bits per heavy atom. The number of sulfonamides is 1. The molecule has 0 saturated carbocycles. The van der Waals surface area contributed by atoms with Crippen molar-refractivity contribution in [2.45, 2.75) is 24.7 Å². The second-order valence-electron chi connectivity index (χ2n) is 7.42. The number of nitrogens with one attached hydrogen (secondary N) is 1. The van der Waals surface area contributed by atoms with Crippen molar-refractivity contribution in [2.75, 3.05) is 32.1 Å². The van der Waals surface area contributed by atoms with E-state index in [2.05, 4.69) is 10.3 Å². The van der Waals surface area contributed by atoms with Crippen molar-refractivity contribution in [3.63, 3.8) is 0 Å². The fraction of sp³-hybridized carbons (Fsp3) is 0.364. The van der Waals surface area contributed by atoms with Crippen molar-refractivity contribution in [2.24, 2.45) is 5.92 Å². The van der Waals surface area contributed by atoms with Crippen LogP contribution in [0.3, 0.4) is 0 Å². The minimum atomic E-state index is -3.69. The van der Waals surface area contributed by atoms with Crippen molar-refractivity contribution in [1.82, 2.24) is 9.29 Å². The lowest BCUT2D eigenvalue weighted by molar-refractivity contribution is -0.120. The number of methoxy groups -OCH3 is 1. The second kappa shape index (κ2) is 9.43. The number of thiazole rings is 1. The number of amides is 1. The van der Waals surface area contributed by atoms with Crippen molar-refractivity contribution in [3.05, 3.63) is 42.5 Å². The highest BCUT2D eigenvalue weighted by Gasteiger charge is 2.33. The first-order valence-corrected chi connectivity index (χ1v) is 12.7. The van der Waals surface area contributed by atoms with Gasteiger partial charge in [-0.05, 0) is 56.2 Å². The molecule has 1 saturated heterocycles. The Balaban J connectivity index is 1.47. The fourth-order valence-corrected chi connectivity index (χ4v) is 6.14. The Kier molecular flexibility index (Phi) is 6.63. The summed E-state index contributed by atoms with van der Waals surface area (Å²) in [5.41, 5.74) is 0.710. The van der Waals surface area contributed by atoms with Crippen molar-refractivity contribution >= 4 is 42.6 Å². The maximum Gasteiger partial charge on any atom is 0.243 e. The molecule has 3 aromatic rings.